The Morgan fingerprint density at radius 2 is 1.87 bits per heavy atom. The third-order valence-corrected chi connectivity index (χ3v) is 3.24. The van der Waals surface area contributed by atoms with Gasteiger partial charge in [-0.2, -0.15) is 5.10 Å². The van der Waals surface area contributed by atoms with Crippen LogP contribution >= 0.6 is 0 Å². The summed E-state index contributed by atoms with van der Waals surface area (Å²) in [6.07, 6.45) is 4.79. The number of hydrogen-bond donors (Lipinski definition) is 2. The van der Waals surface area contributed by atoms with E-state index >= 15 is 0 Å². The third kappa shape index (κ3) is 4.29. The van der Waals surface area contributed by atoms with Gasteiger partial charge >= 0.3 is 0 Å². The molecular weight excluding hydrogens is 292 g/mol. The van der Waals surface area contributed by atoms with E-state index in [-0.39, 0.29) is 17.9 Å². The summed E-state index contributed by atoms with van der Waals surface area (Å²) < 4.78 is 1.74. The lowest BCUT2D eigenvalue weighted by Gasteiger charge is -2.10. The molecule has 0 saturated heterocycles. The highest BCUT2D eigenvalue weighted by Gasteiger charge is 2.07. The predicted molar refractivity (Wildman–Crippen MR) is 90.1 cm³/mol. The summed E-state index contributed by atoms with van der Waals surface area (Å²) in [7, 11) is 1.59. The Kier molecular flexibility index (Phi) is 5.30. The highest BCUT2D eigenvalue weighted by Crippen LogP contribution is 2.13. The molecule has 0 atom stereocenters. The zero-order chi connectivity index (χ0) is 16.8. The summed E-state index contributed by atoms with van der Waals surface area (Å²) in [5.41, 5.74) is 1.42. The summed E-state index contributed by atoms with van der Waals surface area (Å²) in [6.45, 7) is 3.99. The van der Waals surface area contributed by atoms with Gasteiger partial charge in [-0.3, -0.25) is 9.59 Å². The molecular formula is C17H20N4O2. The molecule has 120 valence electrons. The second kappa shape index (κ2) is 7.40. The fourth-order valence-corrected chi connectivity index (χ4v) is 2.05. The van der Waals surface area contributed by atoms with Crippen LogP contribution in [-0.4, -0.2) is 28.6 Å². The Hall–Kier alpha value is -2.89. The smallest absolute Gasteiger partial charge is 0.251 e. The topological polar surface area (TPSA) is 76.0 Å². The minimum Gasteiger partial charge on any atom is -0.355 e. The normalized spacial score (nSPS) is 11.0. The lowest BCUT2D eigenvalue weighted by atomic mass is 10.1. The van der Waals surface area contributed by atoms with Crippen molar-refractivity contribution in [3.63, 3.8) is 0 Å². The average molecular weight is 312 g/mol. The second-order valence-corrected chi connectivity index (χ2v) is 5.28. The molecule has 1 aromatic carbocycles. The van der Waals surface area contributed by atoms with Gasteiger partial charge in [0.15, 0.2) is 0 Å². The van der Waals surface area contributed by atoms with Crippen LogP contribution in [0.3, 0.4) is 0 Å². The van der Waals surface area contributed by atoms with Crippen molar-refractivity contribution in [2.45, 2.75) is 19.9 Å². The molecule has 6 nitrogen and oxygen atoms in total. The molecule has 6 heteroatoms. The summed E-state index contributed by atoms with van der Waals surface area (Å²) in [5.74, 6) is 0.285. The molecule has 2 aromatic rings. The first-order valence-electron chi connectivity index (χ1n) is 7.36. The molecule has 2 N–H and O–H groups in total. The van der Waals surface area contributed by atoms with Crippen molar-refractivity contribution >= 4 is 23.7 Å². The molecule has 23 heavy (non-hydrogen) atoms. The van der Waals surface area contributed by atoms with Crippen LogP contribution in [-0.2, 0) is 4.79 Å². The van der Waals surface area contributed by atoms with Gasteiger partial charge in [0.25, 0.3) is 5.91 Å². The number of carbonyl (C=O) groups excluding carboxylic acids is 2. The van der Waals surface area contributed by atoms with Gasteiger partial charge in [-0.1, -0.05) is 12.1 Å². The van der Waals surface area contributed by atoms with Crippen molar-refractivity contribution in [2.24, 2.45) is 0 Å². The molecule has 0 aliphatic carbocycles. The number of benzene rings is 1. The molecule has 0 saturated carbocycles. The van der Waals surface area contributed by atoms with E-state index in [2.05, 4.69) is 15.7 Å². The van der Waals surface area contributed by atoms with Crippen LogP contribution in [0.4, 0.5) is 5.82 Å². The van der Waals surface area contributed by atoms with Gasteiger partial charge in [0.2, 0.25) is 5.91 Å². The molecule has 0 bridgehead atoms. The first kappa shape index (κ1) is 16.5. The Labute approximate surface area is 135 Å². The Morgan fingerprint density at radius 1 is 1.17 bits per heavy atom. The molecule has 0 fully saturated rings. The van der Waals surface area contributed by atoms with Gasteiger partial charge in [0, 0.05) is 30.8 Å². The van der Waals surface area contributed by atoms with E-state index in [0.29, 0.717) is 11.4 Å². The summed E-state index contributed by atoms with van der Waals surface area (Å²) in [6, 6.07) is 8.92. The molecule has 0 aliphatic rings. The van der Waals surface area contributed by atoms with E-state index in [0.717, 1.165) is 5.56 Å². The summed E-state index contributed by atoms with van der Waals surface area (Å²) in [4.78, 5) is 23.4. The molecule has 2 rings (SSSR count). The van der Waals surface area contributed by atoms with E-state index in [1.165, 1.54) is 6.08 Å². The highest BCUT2D eigenvalue weighted by molar-refractivity contribution is 6.01. The quantitative estimate of drug-likeness (QED) is 0.833. The zero-order valence-corrected chi connectivity index (χ0v) is 13.4. The maximum Gasteiger partial charge on any atom is 0.251 e. The van der Waals surface area contributed by atoms with Crippen LogP contribution in [0.25, 0.3) is 6.08 Å². The van der Waals surface area contributed by atoms with Crippen molar-refractivity contribution in [3.05, 3.63) is 53.7 Å². The van der Waals surface area contributed by atoms with Gasteiger partial charge in [-0.15, -0.1) is 0 Å². The number of amides is 2. The van der Waals surface area contributed by atoms with Crippen LogP contribution in [0.2, 0.25) is 0 Å². The lowest BCUT2D eigenvalue weighted by Crippen LogP contribution is -2.17. The van der Waals surface area contributed by atoms with Crippen LogP contribution < -0.4 is 10.6 Å². The largest absolute Gasteiger partial charge is 0.355 e. The highest BCUT2D eigenvalue weighted by atomic mass is 16.2. The van der Waals surface area contributed by atoms with Crippen LogP contribution in [0.5, 0.6) is 0 Å². The maximum atomic E-state index is 12.0. The van der Waals surface area contributed by atoms with E-state index in [1.54, 1.807) is 54.3 Å². The molecule has 0 unspecified atom stereocenters. The second-order valence-electron chi connectivity index (χ2n) is 5.28. The fourth-order valence-electron chi connectivity index (χ4n) is 2.05. The minimum absolute atomic E-state index is 0.139. The Morgan fingerprint density at radius 3 is 2.48 bits per heavy atom. The number of carbonyl (C=O) groups is 2. The average Bonchev–Trinajstić information content (AvgIpc) is 3.01. The van der Waals surface area contributed by atoms with E-state index in [1.807, 2.05) is 13.8 Å². The number of hydrogen-bond acceptors (Lipinski definition) is 3. The molecule has 0 spiro atoms. The van der Waals surface area contributed by atoms with Crippen molar-refractivity contribution in [2.75, 3.05) is 12.4 Å². The number of anilines is 1. The fraction of sp³-hybridized carbons (Fsp3) is 0.235. The van der Waals surface area contributed by atoms with Gasteiger partial charge in [0.1, 0.15) is 5.82 Å². The first-order chi connectivity index (χ1) is 11.0. The maximum absolute atomic E-state index is 12.0. The molecule has 1 heterocycles. The van der Waals surface area contributed by atoms with E-state index < -0.39 is 0 Å². The number of aromatic nitrogens is 2. The SMILES string of the molecule is CNC(=O)c1ccc(C=CC(=O)Nc2ccnn2C(C)C)cc1. The molecule has 0 radical (unpaired) electrons. The Bertz CT molecular complexity index is 714. The predicted octanol–water partition coefficient (Wildman–Crippen LogP) is 2.48. The van der Waals surface area contributed by atoms with E-state index in [4.69, 9.17) is 0 Å². The standard InChI is InChI=1S/C17H20N4O2/c1-12(2)21-15(10-11-19-21)20-16(22)9-6-13-4-7-14(8-5-13)17(23)18-3/h4-12H,1-3H3,(H,18,23)(H,20,22). The third-order valence-electron chi connectivity index (χ3n) is 3.24. The first-order valence-corrected chi connectivity index (χ1v) is 7.36. The molecule has 1 aromatic heterocycles. The monoisotopic (exact) mass is 312 g/mol. The van der Waals surface area contributed by atoms with Crippen molar-refractivity contribution in [1.82, 2.24) is 15.1 Å². The Balaban J connectivity index is 2.01. The van der Waals surface area contributed by atoms with Crippen molar-refractivity contribution < 1.29 is 9.59 Å². The van der Waals surface area contributed by atoms with Crippen LogP contribution in [0, 0.1) is 0 Å². The van der Waals surface area contributed by atoms with Gasteiger partial charge < -0.3 is 10.6 Å². The summed E-state index contributed by atoms with van der Waals surface area (Å²) >= 11 is 0. The molecule has 0 aliphatic heterocycles. The van der Waals surface area contributed by atoms with Crippen LogP contribution in [0.1, 0.15) is 35.8 Å². The number of rotatable bonds is 5. The zero-order valence-electron chi connectivity index (χ0n) is 13.4. The van der Waals surface area contributed by atoms with Crippen LogP contribution in [0.15, 0.2) is 42.6 Å². The number of nitrogens with zero attached hydrogens (tertiary/aromatic N) is 2. The van der Waals surface area contributed by atoms with Gasteiger partial charge in [-0.05, 0) is 37.6 Å². The minimum atomic E-state index is -0.234. The molecule has 2 amide bonds. The lowest BCUT2D eigenvalue weighted by molar-refractivity contribution is -0.111. The van der Waals surface area contributed by atoms with E-state index in [9.17, 15) is 9.59 Å². The van der Waals surface area contributed by atoms with Gasteiger partial charge in [0.05, 0.1) is 6.20 Å². The number of nitrogens with one attached hydrogen (secondary N) is 2. The van der Waals surface area contributed by atoms with Gasteiger partial charge in [-0.25, -0.2) is 4.68 Å². The van der Waals surface area contributed by atoms with Crippen molar-refractivity contribution in [1.29, 1.82) is 0 Å². The summed E-state index contributed by atoms with van der Waals surface area (Å²) in [5, 5.41) is 9.51. The van der Waals surface area contributed by atoms with Crippen molar-refractivity contribution in [3.8, 4) is 0 Å².